The first-order valence-electron chi connectivity index (χ1n) is 11.0. The van der Waals surface area contributed by atoms with Crippen molar-refractivity contribution in [3.8, 4) is 11.5 Å². The van der Waals surface area contributed by atoms with Gasteiger partial charge in [0.05, 0.1) is 0 Å². The Bertz CT molecular complexity index is 882. The topological polar surface area (TPSA) is 67.9 Å². The molecule has 1 aliphatic rings. The van der Waals surface area contributed by atoms with Crippen LogP contribution in [0.25, 0.3) is 0 Å². The second-order valence-corrected chi connectivity index (χ2v) is 8.07. The van der Waals surface area contributed by atoms with E-state index in [9.17, 15) is 9.59 Å². The Morgan fingerprint density at radius 2 is 1.71 bits per heavy atom. The van der Waals surface area contributed by atoms with Crippen LogP contribution in [-0.2, 0) is 22.6 Å². The van der Waals surface area contributed by atoms with Crippen LogP contribution < -0.4 is 14.8 Å². The van der Waals surface area contributed by atoms with Gasteiger partial charge in [0.1, 0.15) is 19.3 Å². The summed E-state index contributed by atoms with van der Waals surface area (Å²) in [5.74, 6) is 1.31. The summed E-state index contributed by atoms with van der Waals surface area (Å²) >= 11 is 0. The molecule has 0 saturated carbocycles. The van der Waals surface area contributed by atoms with Crippen LogP contribution in [0.1, 0.15) is 44.7 Å². The van der Waals surface area contributed by atoms with Gasteiger partial charge >= 0.3 is 0 Å². The number of carbonyl (C=O) groups is 2. The number of hydrogen-bond acceptors (Lipinski definition) is 4. The highest BCUT2D eigenvalue weighted by Crippen LogP contribution is 2.31. The largest absolute Gasteiger partial charge is 0.486 e. The second-order valence-electron chi connectivity index (χ2n) is 8.07. The molecule has 0 unspecified atom stereocenters. The molecule has 6 heteroatoms. The summed E-state index contributed by atoms with van der Waals surface area (Å²) in [6.45, 7) is 7.28. The molecule has 2 amide bonds. The fourth-order valence-corrected chi connectivity index (χ4v) is 3.72. The average Bonchev–Trinajstić information content (AvgIpc) is 2.77. The predicted molar refractivity (Wildman–Crippen MR) is 120 cm³/mol. The zero-order valence-electron chi connectivity index (χ0n) is 18.6. The van der Waals surface area contributed by atoms with Crippen molar-refractivity contribution in [2.45, 2.75) is 58.7 Å². The molecule has 1 atom stereocenters. The third kappa shape index (κ3) is 6.23. The molecule has 0 fully saturated rings. The lowest BCUT2D eigenvalue weighted by Gasteiger charge is -2.31. The van der Waals surface area contributed by atoms with Crippen LogP contribution in [0.3, 0.4) is 0 Å². The van der Waals surface area contributed by atoms with Crippen molar-refractivity contribution < 1.29 is 19.1 Å². The predicted octanol–water partition coefficient (Wildman–Crippen LogP) is 3.72. The molecule has 1 heterocycles. The van der Waals surface area contributed by atoms with Gasteiger partial charge in [-0.05, 0) is 49.9 Å². The van der Waals surface area contributed by atoms with Gasteiger partial charge in [-0.3, -0.25) is 9.59 Å². The maximum absolute atomic E-state index is 13.3. The number of nitrogens with one attached hydrogen (secondary N) is 1. The van der Waals surface area contributed by atoms with E-state index in [2.05, 4.69) is 5.32 Å². The van der Waals surface area contributed by atoms with E-state index in [1.54, 1.807) is 4.90 Å². The minimum Gasteiger partial charge on any atom is -0.486 e. The molecule has 0 bridgehead atoms. The number of hydrogen-bond donors (Lipinski definition) is 1. The number of benzene rings is 2. The van der Waals surface area contributed by atoms with Crippen molar-refractivity contribution in [3.63, 3.8) is 0 Å². The molecule has 6 nitrogen and oxygen atoms in total. The lowest BCUT2D eigenvalue weighted by molar-refractivity contribution is -0.141. The van der Waals surface area contributed by atoms with Gasteiger partial charge in [-0.15, -0.1) is 0 Å². The van der Waals surface area contributed by atoms with Crippen LogP contribution in [0.2, 0.25) is 0 Å². The number of rotatable bonds is 9. The fourth-order valence-electron chi connectivity index (χ4n) is 3.72. The number of nitrogens with zero attached hydrogens (tertiary/aromatic N) is 1. The highest BCUT2D eigenvalue weighted by molar-refractivity contribution is 5.87. The van der Waals surface area contributed by atoms with E-state index >= 15 is 0 Å². The number of fused-ring (bicyclic) bond motifs is 1. The minimum absolute atomic E-state index is 0.0212. The highest BCUT2D eigenvalue weighted by Gasteiger charge is 2.28. The molecule has 2 aromatic carbocycles. The van der Waals surface area contributed by atoms with Crippen molar-refractivity contribution >= 4 is 11.8 Å². The molecule has 3 rings (SSSR count). The zero-order valence-corrected chi connectivity index (χ0v) is 18.6. The maximum Gasteiger partial charge on any atom is 0.243 e. The molecule has 31 heavy (non-hydrogen) atoms. The van der Waals surface area contributed by atoms with E-state index in [1.165, 1.54) is 0 Å². The average molecular weight is 425 g/mol. The molecule has 0 aliphatic carbocycles. The Kier molecular flexibility index (Phi) is 7.93. The Morgan fingerprint density at radius 3 is 2.39 bits per heavy atom. The molecule has 0 spiro atoms. The molecule has 166 valence electrons. The molecule has 1 N–H and O–H groups in total. The number of ether oxygens (including phenoxy) is 2. The number of aryl methyl sites for hydroxylation is 1. The highest BCUT2D eigenvalue weighted by atomic mass is 16.6. The summed E-state index contributed by atoms with van der Waals surface area (Å²) in [5.41, 5.74) is 2.02. The molecule has 0 radical (unpaired) electrons. The van der Waals surface area contributed by atoms with Gasteiger partial charge in [0.2, 0.25) is 11.8 Å². The zero-order chi connectivity index (χ0) is 22.2. The Balaban J connectivity index is 1.74. The number of amides is 2. The standard InChI is InChI=1S/C25H32N2O4/c1-4-21(25(29)26-18(2)3)27(17-20-8-6-5-7-9-20)24(28)13-11-19-10-12-22-23(16-19)31-15-14-30-22/h5-10,12,16,18,21H,4,11,13-15,17H2,1-3H3,(H,26,29)/t21-/m0/s1. The lowest BCUT2D eigenvalue weighted by atomic mass is 10.1. The van der Waals surface area contributed by atoms with Crippen LogP contribution in [0.15, 0.2) is 48.5 Å². The summed E-state index contributed by atoms with van der Waals surface area (Å²) in [4.78, 5) is 27.8. The van der Waals surface area contributed by atoms with E-state index in [1.807, 2.05) is 69.3 Å². The lowest BCUT2D eigenvalue weighted by Crippen LogP contribution is -2.50. The van der Waals surface area contributed by atoms with E-state index in [0.717, 1.165) is 22.6 Å². The molecule has 1 aliphatic heterocycles. The molecular formula is C25H32N2O4. The summed E-state index contributed by atoms with van der Waals surface area (Å²) in [6.07, 6.45) is 1.45. The van der Waals surface area contributed by atoms with E-state index < -0.39 is 6.04 Å². The molecule has 2 aromatic rings. The van der Waals surface area contributed by atoms with E-state index in [-0.39, 0.29) is 17.9 Å². The molecule has 0 aromatic heterocycles. The van der Waals surface area contributed by atoms with Crippen molar-refractivity contribution in [3.05, 3.63) is 59.7 Å². The SMILES string of the molecule is CC[C@@H](C(=O)NC(C)C)N(Cc1ccccc1)C(=O)CCc1ccc2c(c1)OCCO2. The summed E-state index contributed by atoms with van der Waals surface area (Å²) in [5, 5.41) is 2.96. The van der Waals surface area contributed by atoms with Crippen molar-refractivity contribution in [2.75, 3.05) is 13.2 Å². The third-order valence-electron chi connectivity index (χ3n) is 5.25. The Labute approximate surface area is 184 Å². The van der Waals surface area contributed by atoms with Crippen LogP contribution in [0, 0.1) is 0 Å². The third-order valence-corrected chi connectivity index (χ3v) is 5.25. The van der Waals surface area contributed by atoms with Gasteiger partial charge < -0.3 is 19.7 Å². The smallest absolute Gasteiger partial charge is 0.243 e. The maximum atomic E-state index is 13.3. The summed E-state index contributed by atoms with van der Waals surface area (Å²) in [6, 6.07) is 15.1. The summed E-state index contributed by atoms with van der Waals surface area (Å²) < 4.78 is 11.2. The Morgan fingerprint density at radius 1 is 1.00 bits per heavy atom. The van der Waals surface area contributed by atoms with E-state index in [0.29, 0.717) is 39.0 Å². The van der Waals surface area contributed by atoms with Crippen molar-refractivity contribution in [2.24, 2.45) is 0 Å². The quantitative estimate of drug-likeness (QED) is 0.666. The number of carbonyl (C=O) groups excluding carboxylic acids is 2. The Hall–Kier alpha value is -3.02. The van der Waals surface area contributed by atoms with Gasteiger partial charge in [0.25, 0.3) is 0 Å². The van der Waals surface area contributed by atoms with Gasteiger partial charge in [-0.1, -0.05) is 43.3 Å². The first-order valence-corrected chi connectivity index (χ1v) is 11.0. The van der Waals surface area contributed by atoms with Crippen molar-refractivity contribution in [1.82, 2.24) is 10.2 Å². The van der Waals surface area contributed by atoms with Crippen molar-refractivity contribution in [1.29, 1.82) is 0 Å². The van der Waals surface area contributed by atoms with Gasteiger partial charge in [0, 0.05) is 19.0 Å². The van der Waals surface area contributed by atoms with Gasteiger partial charge in [-0.2, -0.15) is 0 Å². The second kappa shape index (κ2) is 10.8. The van der Waals surface area contributed by atoms with Crippen LogP contribution >= 0.6 is 0 Å². The van der Waals surface area contributed by atoms with E-state index in [4.69, 9.17) is 9.47 Å². The summed E-state index contributed by atoms with van der Waals surface area (Å²) in [7, 11) is 0. The normalized spacial score (nSPS) is 13.5. The fraction of sp³-hybridized carbons (Fsp3) is 0.440. The molecule has 0 saturated heterocycles. The minimum atomic E-state index is -0.504. The first-order chi connectivity index (χ1) is 15.0. The molecular weight excluding hydrogens is 392 g/mol. The first kappa shape index (κ1) is 22.7. The monoisotopic (exact) mass is 424 g/mol. The van der Waals surface area contributed by atoms with Gasteiger partial charge in [-0.25, -0.2) is 0 Å². The van der Waals surface area contributed by atoms with Crippen LogP contribution in [-0.4, -0.2) is 42.0 Å². The van der Waals surface area contributed by atoms with Crippen LogP contribution in [0.5, 0.6) is 11.5 Å². The van der Waals surface area contributed by atoms with Gasteiger partial charge in [0.15, 0.2) is 11.5 Å². The van der Waals surface area contributed by atoms with Crippen LogP contribution in [0.4, 0.5) is 0 Å².